The molecule has 1 atom stereocenters. The molecule has 6 nitrogen and oxygen atoms in total. The number of hydrogen-bond donors (Lipinski definition) is 1. The van der Waals surface area contributed by atoms with Crippen LogP contribution in [-0.4, -0.2) is 31.1 Å². The van der Waals surface area contributed by atoms with E-state index in [1.54, 1.807) is 17.2 Å². The molecule has 0 unspecified atom stereocenters. The van der Waals surface area contributed by atoms with Crippen LogP contribution < -0.4 is 4.74 Å². The molecule has 1 N–H and O–H groups in total. The van der Waals surface area contributed by atoms with E-state index < -0.39 is 0 Å². The number of nitrogens with one attached hydrogen (secondary N) is 1. The Kier molecular flexibility index (Phi) is 3.87. The third-order valence-electron chi connectivity index (χ3n) is 3.00. The Hall–Kier alpha value is -2.34. The summed E-state index contributed by atoms with van der Waals surface area (Å²) in [5.74, 6) is 0.642. The van der Waals surface area contributed by atoms with Gasteiger partial charge in [-0.15, -0.1) is 0 Å². The van der Waals surface area contributed by atoms with E-state index in [2.05, 4.69) is 20.3 Å². The fourth-order valence-corrected chi connectivity index (χ4v) is 2.19. The van der Waals surface area contributed by atoms with E-state index in [1.165, 1.54) is 6.33 Å². The summed E-state index contributed by atoms with van der Waals surface area (Å²) in [6, 6.07) is 5.66. The van der Waals surface area contributed by atoms with E-state index in [4.69, 9.17) is 16.3 Å². The van der Waals surface area contributed by atoms with E-state index in [9.17, 15) is 0 Å². The largest absolute Gasteiger partial charge is 0.487 e. The smallest absolute Gasteiger partial charge is 0.139 e. The number of hydrogen-bond acceptors (Lipinski definition) is 4. The Balaban J connectivity index is 1.76. The molecule has 0 saturated carbocycles. The maximum absolute atomic E-state index is 6.20. The summed E-state index contributed by atoms with van der Waals surface area (Å²) >= 11 is 6.20. The summed E-state index contributed by atoms with van der Waals surface area (Å²) in [6.45, 7) is 2.56. The minimum atomic E-state index is -0.0798. The number of H-pyrrole nitrogens is 1. The van der Waals surface area contributed by atoms with Crippen LogP contribution in [0.1, 0.15) is 6.92 Å². The fourth-order valence-electron chi connectivity index (χ4n) is 2.03. The zero-order chi connectivity index (χ0) is 14.7. The molecule has 3 aromatic rings. The van der Waals surface area contributed by atoms with Gasteiger partial charge in [0.2, 0.25) is 0 Å². The lowest BCUT2D eigenvalue weighted by Gasteiger charge is -2.16. The molecule has 0 fully saturated rings. The van der Waals surface area contributed by atoms with Crippen molar-refractivity contribution in [3.05, 3.63) is 48.3 Å². The summed E-state index contributed by atoms with van der Waals surface area (Å²) in [7, 11) is 0. The van der Waals surface area contributed by atoms with E-state index in [-0.39, 0.29) is 6.10 Å². The average molecular weight is 304 g/mol. The van der Waals surface area contributed by atoms with E-state index in [1.807, 2.05) is 31.3 Å². The van der Waals surface area contributed by atoms with Gasteiger partial charge in [-0.25, -0.2) is 9.67 Å². The molecule has 0 spiro atoms. The van der Waals surface area contributed by atoms with Gasteiger partial charge in [0.25, 0.3) is 0 Å². The lowest BCUT2D eigenvalue weighted by atomic mass is 10.1. The average Bonchev–Trinajstić information content (AvgIpc) is 3.14. The zero-order valence-electron chi connectivity index (χ0n) is 11.4. The first-order valence-electron chi connectivity index (χ1n) is 6.50. The van der Waals surface area contributed by atoms with Crippen molar-refractivity contribution in [3.63, 3.8) is 0 Å². The molecule has 2 aromatic heterocycles. The molecule has 0 saturated heterocycles. The van der Waals surface area contributed by atoms with Crippen molar-refractivity contribution >= 4 is 11.6 Å². The first-order valence-corrected chi connectivity index (χ1v) is 6.88. The van der Waals surface area contributed by atoms with E-state index in [0.717, 1.165) is 11.1 Å². The Morgan fingerprint density at radius 2 is 2.29 bits per heavy atom. The van der Waals surface area contributed by atoms with Crippen LogP contribution in [0.3, 0.4) is 0 Å². The van der Waals surface area contributed by atoms with Gasteiger partial charge in [0.1, 0.15) is 24.5 Å². The topological polar surface area (TPSA) is 68.6 Å². The molecule has 0 aliphatic heterocycles. The van der Waals surface area contributed by atoms with Crippen LogP contribution in [-0.2, 0) is 6.54 Å². The normalized spacial score (nSPS) is 12.3. The van der Waals surface area contributed by atoms with Gasteiger partial charge in [-0.3, -0.25) is 5.10 Å². The first-order chi connectivity index (χ1) is 10.2. The molecule has 0 bridgehead atoms. The molecule has 0 amide bonds. The highest BCUT2D eigenvalue weighted by molar-refractivity contribution is 6.32. The summed E-state index contributed by atoms with van der Waals surface area (Å²) in [5, 5.41) is 11.4. The standard InChI is InChI=1S/C14H14ClN5O/c1-10(7-20-9-16-8-19-20)21-14-4-11(2-3-13(14)15)12-5-17-18-6-12/h2-6,8-10H,7H2,1H3,(H,17,18)/t10-/m0/s1. The van der Waals surface area contributed by atoms with Crippen LogP contribution in [0.4, 0.5) is 0 Å². The van der Waals surface area contributed by atoms with Crippen molar-refractivity contribution in [2.75, 3.05) is 0 Å². The number of halogens is 1. The molecule has 7 heteroatoms. The van der Waals surface area contributed by atoms with Gasteiger partial charge in [-0.2, -0.15) is 10.2 Å². The van der Waals surface area contributed by atoms with Crippen LogP contribution in [0, 0.1) is 0 Å². The number of aromatic amines is 1. The number of aromatic nitrogens is 5. The lowest BCUT2D eigenvalue weighted by molar-refractivity contribution is 0.194. The number of benzene rings is 1. The SMILES string of the molecule is C[C@@H](Cn1cncn1)Oc1cc(-c2cn[nH]c2)ccc1Cl. The predicted molar refractivity (Wildman–Crippen MR) is 79.1 cm³/mol. The summed E-state index contributed by atoms with van der Waals surface area (Å²) in [5.41, 5.74) is 1.98. The van der Waals surface area contributed by atoms with Crippen LogP contribution >= 0.6 is 11.6 Å². The monoisotopic (exact) mass is 303 g/mol. The van der Waals surface area contributed by atoms with Gasteiger partial charge in [0.15, 0.2) is 0 Å². The maximum atomic E-state index is 6.20. The predicted octanol–water partition coefficient (Wildman–Crippen LogP) is 2.79. The highest BCUT2D eigenvalue weighted by atomic mass is 35.5. The number of nitrogens with zero attached hydrogens (tertiary/aromatic N) is 4. The maximum Gasteiger partial charge on any atom is 0.139 e. The highest BCUT2D eigenvalue weighted by Gasteiger charge is 2.10. The molecule has 21 heavy (non-hydrogen) atoms. The van der Waals surface area contributed by atoms with Crippen LogP contribution in [0.15, 0.2) is 43.2 Å². The molecule has 1 aromatic carbocycles. The van der Waals surface area contributed by atoms with Crippen molar-refractivity contribution in [3.8, 4) is 16.9 Å². The van der Waals surface area contributed by atoms with Gasteiger partial charge in [0.05, 0.1) is 17.8 Å². The third-order valence-corrected chi connectivity index (χ3v) is 3.31. The fraction of sp³-hybridized carbons (Fsp3) is 0.214. The minimum Gasteiger partial charge on any atom is -0.487 e. The molecule has 0 aliphatic rings. The minimum absolute atomic E-state index is 0.0798. The summed E-state index contributed by atoms with van der Waals surface area (Å²) in [4.78, 5) is 3.91. The van der Waals surface area contributed by atoms with E-state index in [0.29, 0.717) is 17.3 Å². The van der Waals surface area contributed by atoms with Gasteiger partial charge < -0.3 is 4.74 Å². The van der Waals surface area contributed by atoms with Gasteiger partial charge in [-0.05, 0) is 24.6 Å². The Morgan fingerprint density at radius 3 is 3.00 bits per heavy atom. The lowest BCUT2D eigenvalue weighted by Crippen LogP contribution is -2.20. The molecule has 0 radical (unpaired) electrons. The Morgan fingerprint density at radius 1 is 1.38 bits per heavy atom. The second-order valence-corrected chi connectivity index (χ2v) is 5.09. The van der Waals surface area contributed by atoms with Crippen molar-refractivity contribution in [1.82, 2.24) is 25.0 Å². The number of rotatable bonds is 5. The second-order valence-electron chi connectivity index (χ2n) is 4.68. The first kappa shape index (κ1) is 13.6. The molecule has 2 heterocycles. The highest BCUT2D eigenvalue weighted by Crippen LogP contribution is 2.31. The van der Waals surface area contributed by atoms with Crippen LogP contribution in [0.2, 0.25) is 5.02 Å². The molecular formula is C14H14ClN5O. The molecule has 3 rings (SSSR count). The molecule has 108 valence electrons. The number of ether oxygens (including phenoxy) is 1. The second kappa shape index (κ2) is 5.97. The zero-order valence-corrected chi connectivity index (χ0v) is 12.2. The Labute approximate surface area is 126 Å². The molecular weight excluding hydrogens is 290 g/mol. The van der Waals surface area contributed by atoms with Crippen molar-refractivity contribution in [2.24, 2.45) is 0 Å². The van der Waals surface area contributed by atoms with Gasteiger partial charge in [-0.1, -0.05) is 17.7 Å². The third kappa shape index (κ3) is 3.22. The van der Waals surface area contributed by atoms with Crippen molar-refractivity contribution in [1.29, 1.82) is 0 Å². The van der Waals surface area contributed by atoms with Crippen LogP contribution in [0.25, 0.3) is 11.1 Å². The van der Waals surface area contributed by atoms with Crippen molar-refractivity contribution in [2.45, 2.75) is 19.6 Å². The Bertz CT molecular complexity index is 696. The van der Waals surface area contributed by atoms with Gasteiger partial charge in [0, 0.05) is 11.8 Å². The van der Waals surface area contributed by atoms with E-state index >= 15 is 0 Å². The van der Waals surface area contributed by atoms with Crippen LogP contribution in [0.5, 0.6) is 5.75 Å². The van der Waals surface area contributed by atoms with Crippen molar-refractivity contribution < 1.29 is 4.74 Å². The summed E-state index contributed by atoms with van der Waals surface area (Å²) < 4.78 is 7.63. The summed E-state index contributed by atoms with van der Waals surface area (Å²) in [6.07, 6.45) is 6.66. The molecule has 0 aliphatic carbocycles. The van der Waals surface area contributed by atoms with Gasteiger partial charge >= 0.3 is 0 Å². The quantitative estimate of drug-likeness (QED) is 0.787.